The predicted molar refractivity (Wildman–Crippen MR) is 109 cm³/mol. The van der Waals surface area contributed by atoms with E-state index >= 15 is 0 Å². The summed E-state index contributed by atoms with van der Waals surface area (Å²) in [6, 6.07) is 17.2. The molecule has 0 unspecified atom stereocenters. The van der Waals surface area contributed by atoms with Gasteiger partial charge in [0.1, 0.15) is 5.52 Å². The number of halogens is 3. The first-order chi connectivity index (χ1) is 13.0. The van der Waals surface area contributed by atoms with E-state index in [9.17, 15) is 4.79 Å². The molecule has 0 aliphatic carbocycles. The number of nitrogens with one attached hydrogen (secondary N) is 1. The molecule has 0 radical (unpaired) electrons. The second-order valence-electron chi connectivity index (χ2n) is 5.76. The van der Waals surface area contributed by atoms with Crippen molar-refractivity contribution < 1.29 is 9.21 Å². The Labute approximate surface area is 169 Å². The maximum atomic E-state index is 12.4. The van der Waals surface area contributed by atoms with Crippen LogP contribution < -0.4 is 5.32 Å². The Balaban J connectivity index is 1.62. The summed E-state index contributed by atoms with van der Waals surface area (Å²) in [7, 11) is 0. The van der Waals surface area contributed by atoms with Gasteiger partial charge in [0.15, 0.2) is 5.58 Å². The summed E-state index contributed by atoms with van der Waals surface area (Å²) < 4.78 is 5.81. The molecule has 3 aromatic carbocycles. The number of anilines is 1. The molecule has 1 amide bonds. The van der Waals surface area contributed by atoms with Gasteiger partial charge in [-0.25, -0.2) is 4.98 Å². The average Bonchev–Trinajstić information content (AvgIpc) is 3.07. The van der Waals surface area contributed by atoms with Crippen molar-refractivity contribution in [3.63, 3.8) is 0 Å². The molecule has 0 bridgehead atoms. The van der Waals surface area contributed by atoms with E-state index in [1.807, 2.05) is 18.2 Å². The third kappa shape index (κ3) is 3.65. The van der Waals surface area contributed by atoms with Crippen LogP contribution in [0.4, 0.5) is 5.69 Å². The zero-order valence-corrected chi connectivity index (χ0v) is 15.9. The molecule has 0 spiro atoms. The van der Waals surface area contributed by atoms with Gasteiger partial charge >= 0.3 is 0 Å². The molecule has 0 saturated carbocycles. The molecular weight excluding hydrogens is 407 g/mol. The Morgan fingerprint density at radius 3 is 2.48 bits per heavy atom. The van der Waals surface area contributed by atoms with Crippen LogP contribution in [0, 0.1) is 0 Å². The lowest BCUT2D eigenvalue weighted by Gasteiger charge is -2.06. The lowest BCUT2D eigenvalue weighted by molar-refractivity contribution is 0.102. The Kier molecular flexibility index (Phi) is 4.79. The predicted octanol–water partition coefficient (Wildman–Crippen LogP) is 6.71. The number of oxazole rings is 1. The molecule has 27 heavy (non-hydrogen) atoms. The van der Waals surface area contributed by atoms with Gasteiger partial charge in [-0.3, -0.25) is 4.79 Å². The van der Waals surface area contributed by atoms with Crippen molar-refractivity contribution in [2.45, 2.75) is 0 Å². The van der Waals surface area contributed by atoms with Crippen LogP contribution in [-0.4, -0.2) is 10.9 Å². The highest BCUT2D eigenvalue weighted by atomic mass is 35.5. The van der Waals surface area contributed by atoms with Crippen LogP contribution in [0.1, 0.15) is 10.4 Å². The molecule has 134 valence electrons. The van der Waals surface area contributed by atoms with E-state index in [-0.39, 0.29) is 5.91 Å². The zero-order chi connectivity index (χ0) is 19.0. The lowest BCUT2D eigenvalue weighted by atomic mass is 10.2. The molecule has 0 fully saturated rings. The fourth-order valence-electron chi connectivity index (χ4n) is 2.59. The number of amides is 1. The second-order valence-corrected chi connectivity index (χ2v) is 6.99. The summed E-state index contributed by atoms with van der Waals surface area (Å²) in [4.78, 5) is 16.9. The number of fused-ring (bicyclic) bond motifs is 1. The number of benzene rings is 3. The van der Waals surface area contributed by atoms with Gasteiger partial charge in [0.25, 0.3) is 5.91 Å². The third-order valence-electron chi connectivity index (χ3n) is 3.93. The monoisotopic (exact) mass is 416 g/mol. The highest BCUT2D eigenvalue weighted by Crippen LogP contribution is 2.31. The topological polar surface area (TPSA) is 55.1 Å². The maximum Gasteiger partial charge on any atom is 0.255 e. The van der Waals surface area contributed by atoms with Gasteiger partial charge < -0.3 is 9.73 Å². The highest BCUT2D eigenvalue weighted by Gasteiger charge is 2.13. The Morgan fingerprint density at radius 2 is 1.70 bits per heavy atom. The minimum Gasteiger partial charge on any atom is -0.436 e. The van der Waals surface area contributed by atoms with Crippen LogP contribution in [0.5, 0.6) is 0 Å². The molecule has 1 aromatic heterocycles. The first-order valence-corrected chi connectivity index (χ1v) is 9.06. The molecule has 0 aliphatic heterocycles. The van der Waals surface area contributed by atoms with Crippen LogP contribution in [0.25, 0.3) is 22.6 Å². The summed E-state index contributed by atoms with van der Waals surface area (Å²) in [5, 5.41) is 4.07. The molecule has 7 heteroatoms. The van der Waals surface area contributed by atoms with Gasteiger partial charge in [-0.15, -0.1) is 0 Å². The third-order valence-corrected chi connectivity index (χ3v) is 5.00. The first-order valence-electron chi connectivity index (χ1n) is 7.93. The molecule has 4 rings (SSSR count). The fraction of sp³-hybridized carbons (Fsp3) is 0. The van der Waals surface area contributed by atoms with Crippen molar-refractivity contribution in [2.24, 2.45) is 0 Å². The number of aromatic nitrogens is 1. The highest BCUT2D eigenvalue weighted by molar-refractivity contribution is 6.42. The maximum absolute atomic E-state index is 12.4. The Bertz CT molecular complexity index is 1170. The number of carbonyl (C=O) groups excluding carboxylic acids is 1. The minimum absolute atomic E-state index is 0.307. The normalized spacial score (nSPS) is 10.9. The van der Waals surface area contributed by atoms with Crippen molar-refractivity contribution in [3.8, 4) is 11.5 Å². The summed E-state index contributed by atoms with van der Waals surface area (Å²) in [6.45, 7) is 0. The van der Waals surface area contributed by atoms with Gasteiger partial charge in [-0.2, -0.15) is 0 Å². The molecule has 0 atom stereocenters. The first kappa shape index (κ1) is 17.9. The SMILES string of the molecule is O=C(Nc1ccc2nc(-c3ccccc3Cl)oc2c1)c1ccc(Cl)c(Cl)c1. The van der Waals surface area contributed by atoms with E-state index < -0.39 is 0 Å². The van der Waals surface area contributed by atoms with Crippen LogP contribution in [0.3, 0.4) is 0 Å². The molecule has 4 nitrogen and oxygen atoms in total. The fourth-order valence-corrected chi connectivity index (χ4v) is 3.11. The number of hydrogen-bond donors (Lipinski definition) is 1. The van der Waals surface area contributed by atoms with Gasteiger partial charge in [-0.1, -0.05) is 46.9 Å². The van der Waals surface area contributed by atoms with E-state index in [4.69, 9.17) is 39.2 Å². The number of hydrogen-bond acceptors (Lipinski definition) is 3. The molecule has 0 aliphatic rings. The summed E-state index contributed by atoms with van der Waals surface area (Å²) >= 11 is 18.1. The second kappa shape index (κ2) is 7.24. The van der Waals surface area contributed by atoms with Gasteiger partial charge in [0.2, 0.25) is 5.89 Å². The van der Waals surface area contributed by atoms with Crippen molar-refractivity contribution in [3.05, 3.63) is 81.3 Å². The standard InChI is InChI=1S/C20H11Cl3N2O2/c21-14-4-2-1-3-13(14)20-25-17-8-6-12(10-18(17)27-20)24-19(26)11-5-7-15(22)16(23)9-11/h1-10H,(H,24,26). The van der Waals surface area contributed by atoms with E-state index in [0.717, 1.165) is 0 Å². The van der Waals surface area contributed by atoms with Crippen LogP contribution >= 0.6 is 34.8 Å². The van der Waals surface area contributed by atoms with Gasteiger partial charge in [0, 0.05) is 17.3 Å². The Hall–Kier alpha value is -2.53. The average molecular weight is 418 g/mol. The van der Waals surface area contributed by atoms with Crippen molar-refractivity contribution in [1.82, 2.24) is 4.98 Å². The van der Waals surface area contributed by atoms with E-state index in [0.29, 0.717) is 48.9 Å². The molecule has 4 aromatic rings. The number of rotatable bonds is 3. The number of nitrogens with zero attached hydrogens (tertiary/aromatic N) is 1. The van der Waals surface area contributed by atoms with Crippen molar-refractivity contribution >= 4 is 57.5 Å². The van der Waals surface area contributed by atoms with Crippen LogP contribution in [0.2, 0.25) is 15.1 Å². The molecule has 1 N–H and O–H groups in total. The van der Waals surface area contributed by atoms with E-state index in [1.165, 1.54) is 6.07 Å². The van der Waals surface area contributed by atoms with Crippen LogP contribution in [0.15, 0.2) is 65.1 Å². The minimum atomic E-state index is -0.307. The van der Waals surface area contributed by atoms with Crippen molar-refractivity contribution in [1.29, 1.82) is 0 Å². The zero-order valence-electron chi connectivity index (χ0n) is 13.7. The molecule has 0 saturated heterocycles. The lowest BCUT2D eigenvalue weighted by Crippen LogP contribution is -2.11. The van der Waals surface area contributed by atoms with Gasteiger partial charge in [-0.05, 0) is 42.5 Å². The largest absolute Gasteiger partial charge is 0.436 e. The Morgan fingerprint density at radius 1 is 0.889 bits per heavy atom. The molecular formula is C20H11Cl3N2O2. The summed E-state index contributed by atoms with van der Waals surface area (Å²) in [5.41, 5.74) is 2.88. The quantitative estimate of drug-likeness (QED) is 0.403. The number of carbonyl (C=O) groups is 1. The van der Waals surface area contributed by atoms with E-state index in [2.05, 4.69) is 10.3 Å². The van der Waals surface area contributed by atoms with E-state index in [1.54, 1.807) is 36.4 Å². The van der Waals surface area contributed by atoms with Crippen LogP contribution in [-0.2, 0) is 0 Å². The summed E-state index contributed by atoms with van der Waals surface area (Å²) in [5.74, 6) is 0.113. The molecule has 1 heterocycles. The van der Waals surface area contributed by atoms with Crippen molar-refractivity contribution in [2.75, 3.05) is 5.32 Å². The smallest absolute Gasteiger partial charge is 0.255 e. The van der Waals surface area contributed by atoms with Gasteiger partial charge in [0.05, 0.1) is 20.6 Å². The summed E-state index contributed by atoms with van der Waals surface area (Å²) in [6.07, 6.45) is 0.